The molecule has 0 saturated carbocycles. The summed E-state index contributed by atoms with van der Waals surface area (Å²) in [6, 6.07) is 6.25. The van der Waals surface area contributed by atoms with Crippen LogP contribution >= 0.6 is 0 Å². The van der Waals surface area contributed by atoms with Crippen LogP contribution in [0.3, 0.4) is 0 Å². The third-order valence-corrected chi connectivity index (χ3v) is 2.74. The fourth-order valence-electron chi connectivity index (χ4n) is 1.81. The Morgan fingerprint density at radius 3 is 2.50 bits per heavy atom. The number of alkyl carbamates (subject to hydrolysis) is 1. The van der Waals surface area contributed by atoms with Crippen molar-refractivity contribution in [2.75, 3.05) is 6.54 Å². The van der Waals surface area contributed by atoms with E-state index in [1.807, 2.05) is 6.92 Å². The lowest BCUT2D eigenvalue weighted by Gasteiger charge is -2.31. The minimum absolute atomic E-state index is 0.225. The number of ether oxygens (including phenoxy) is 1. The highest BCUT2D eigenvalue weighted by atomic mass is 19.1. The maximum atomic E-state index is 13.2. The van der Waals surface area contributed by atoms with Crippen LogP contribution in [-0.4, -0.2) is 23.8 Å². The second kappa shape index (κ2) is 6.22. The molecule has 5 heteroatoms. The van der Waals surface area contributed by atoms with E-state index < -0.39 is 17.2 Å². The average molecular weight is 282 g/mol. The highest BCUT2D eigenvalue weighted by molar-refractivity contribution is 5.68. The molecule has 0 fully saturated rings. The van der Waals surface area contributed by atoms with Crippen LogP contribution in [0, 0.1) is 5.82 Å². The fourth-order valence-corrected chi connectivity index (χ4v) is 1.81. The van der Waals surface area contributed by atoms with Gasteiger partial charge in [-0.3, -0.25) is 0 Å². The quantitative estimate of drug-likeness (QED) is 0.892. The smallest absolute Gasteiger partial charge is 0.408 e. The molecule has 1 aromatic rings. The Bertz CT molecular complexity index is 471. The Kier molecular flexibility index (Phi) is 5.11. The van der Waals surface area contributed by atoms with Crippen molar-refractivity contribution in [2.24, 2.45) is 5.73 Å². The van der Waals surface area contributed by atoms with Crippen molar-refractivity contribution < 1.29 is 13.9 Å². The van der Waals surface area contributed by atoms with Crippen LogP contribution in [0.15, 0.2) is 24.3 Å². The molecule has 0 radical (unpaired) electrons. The molecule has 1 atom stereocenters. The molecule has 1 rings (SSSR count). The molecule has 112 valence electrons. The van der Waals surface area contributed by atoms with E-state index in [1.54, 1.807) is 32.9 Å². The monoisotopic (exact) mass is 282 g/mol. The van der Waals surface area contributed by atoms with Crippen LogP contribution < -0.4 is 11.1 Å². The van der Waals surface area contributed by atoms with E-state index in [0.717, 1.165) is 5.56 Å². The summed E-state index contributed by atoms with van der Waals surface area (Å²) in [5.41, 5.74) is 5.26. The lowest BCUT2D eigenvalue weighted by molar-refractivity contribution is 0.0467. The Morgan fingerprint density at radius 2 is 2.00 bits per heavy atom. The molecular formula is C15H23FN2O2. The first-order chi connectivity index (χ1) is 9.13. The number of carbonyl (C=O) groups is 1. The highest BCUT2D eigenvalue weighted by Gasteiger charge is 2.28. The topological polar surface area (TPSA) is 64.3 Å². The molecule has 0 aromatic heterocycles. The van der Waals surface area contributed by atoms with E-state index in [4.69, 9.17) is 10.5 Å². The zero-order chi connectivity index (χ0) is 15.4. The van der Waals surface area contributed by atoms with Gasteiger partial charge in [-0.05, 0) is 51.8 Å². The summed E-state index contributed by atoms with van der Waals surface area (Å²) < 4.78 is 18.4. The minimum atomic E-state index is -0.684. The van der Waals surface area contributed by atoms with Crippen molar-refractivity contribution in [3.8, 4) is 0 Å². The predicted molar refractivity (Wildman–Crippen MR) is 76.9 cm³/mol. The summed E-state index contributed by atoms with van der Waals surface area (Å²) in [5, 5.41) is 2.76. The molecule has 0 aliphatic carbocycles. The van der Waals surface area contributed by atoms with Crippen molar-refractivity contribution in [3.05, 3.63) is 35.6 Å². The van der Waals surface area contributed by atoms with Gasteiger partial charge in [-0.25, -0.2) is 9.18 Å². The molecule has 1 amide bonds. The van der Waals surface area contributed by atoms with Gasteiger partial charge in [-0.15, -0.1) is 0 Å². The molecule has 0 aliphatic heterocycles. The SMILES string of the molecule is CC(CN)(Cc1cccc(F)c1)NC(=O)OC(C)(C)C. The first kappa shape index (κ1) is 16.4. The Morgan fingerprint density at radius 1 is 1.35 bits per heavy atom. The molecule has 20 heavy (non-hydrogen) atoms. The van der Waals surface area contributed by atoms with Gasteiger partial charge < -0.3 is 15.8 Å². The van der Waals surface area contributed by atoms with Crippen LogP contribution in [0.25, 0.3) is 0 Å². The fraction of sp³-hybridized carbons (Fsp3) is 0.533. The largest absolute Gasteiger partial charge is 0.444 e. The number of carbonyl (C=O) groups excluding carboxylic acids is 1. The molecule has 4 nitrogen and oxygen atoms in total. The van der Waals surface area contributed by atoms with Gasteiger partial charge in [0.15, 0.2) is 0 Å². The van der Waals surface area contributed by atoms with Crippen molar-refractivity contribution in [3.63, 3.8) is 0 Å². The van der Waals surface area contributed by atoms with Crippen molar-refractivity contribution in [1.82, 2.24) is 5.32 Å². The average Bonchev–Trinajstić information content (AvgIpc) is 2.25. The van der Waals surface area contributed by atoms with Gasteiger partial charge in [0.25, 0.3) is 0 Å². The van der Waals surface area contributed by atoms with Crippen molar-refractivity contribution >= 4 is 6.09 Å². The van der Waals surface area contributed by atoms with Crippen LogP contribution in [0.5, 0.6) is 0 Å². The van der Waals surface area contributed by atoms with Gasteiger partial charge in [-0.2, -0.15) is 0 Å². The van der Waals surface area contributed by atoms with Gasteiger partial charge in [0.1, 0.15) is 11.4 Å². The van der Waals surface area contributed by atoms with E-state index in [9.17, 15) is 9.18 Å². The molecule has 1 unspecified atom stereocenters. The minimum Gasteiger partial charge on any atom is -0.444 e. The molecule has 0 aliphatic rings. The van der Waals surface area contributed by atoms with E-state index in [-0.39, 0.29) is 12.4 Å². The zero-order valence-electron chi connectivity index (χ0n) is 12.5. The molecule has 3 N–H and O–H groups in total. The number of nitrogens with two attached hydrogens (primary N) is 1. The van der Waals surface area contributed by atoms with Gasteiger partial charge >= 0.3 is 6.09 Å². The van der Waals surface area contributed by atoms with Crippen molar-refractivity contribution in [1.29, 1.82) is 0 Å². The third-order valence-electron chi connectivity index (χ3n) is 2.74. The van der Waals surface area contributed by atoms with Crippen LogP contribution in [-0.2, 0) is 11.2 Å². The summed E-state index contributed by atoms with van der Waals surface area (Å²) in [7, 11) is 0. The van der Waals surface area contributed by atoms with E-state index in [1.165, 1.54) is 12.1 Å². The predicted octanol–water partition coefficient (Wildman–Crippen LogP) is 2.61. The number of nitrogens with one attached hydrogen (secondary N) is 1. The molecule has 0 saturated heterocycles. The molecular weight excluding hydrogens is 259 g/mol. The van der Waals surface area contributed by atoms with Gasteiger partial charge in [-0.1, -0.05) is 12.1 Å². The lowest BCUT2D eigenvalue weighted by atomic mass is 9.93. The zero-order valence-corrected chi connectivity index (χ0v) is 12.5. The Hall–Kier alpha value is -1.62. The number of hydrogen-bond acceptors (Lipinski definition) is 3. The number of hydrogen-bond donors (Lipinski definition) is 2. The maximum absolute atomic E-state index is 13.2. The third kappa shape index (κ3) is 5.57. The van der Waals surface area contributed by atoms with Crippen LogP contribution in [0.4, 0.5) is 9.18 Å². The summed E-state index contributed by atoms with van der Waals surface area (Å²) in [6.45, 7) is 7.40. The Balaban J connectivity index is 2.74. The first-order valence-electron chi connectivity index (χ1n) is 6.59. The maximum Gasteiger partial charge on any atom is 0.408 e. The summed E-state index contributed by atoms with van der Waals surface area (Å²) in [4.78, 5) is 11.8. The second-order valence-corrected chi connectivity index (χ2v) is 6.20. The van der Waals surface area contributed by atoms with Crippen LogP contribution in [0.1, 0.15) is 33.3 Å². The number of rotatable bonds is 4. The number of halogens is 1. The Labute approximate surface area is 119 Å². The first-order valence-corrected chi connectivity index (χ1v) is 6.59. The summed E-state index contributed by atoms with van der Waals surface area (Å²) in [5.74, 6) is -0.306. The molecule has 0 spiro atoms. The summed E-state index contributed by atoms with van der Waals surface area (Å²) in [6.07, 6.45) is -0.0950. The van der Waals surface area contributed by atoms with Crippen molar-refractivity contribution in [2.45, 2.75) is 45.3 Å². The van der Waals surface area contributed by atoms with Gasteiger partial charge in [0.2, 0.25) is 0 Å². The molecule has 1 aromatic carbocycles. The summed E-state index contributed by atoms with van der Waals surface area (Å²) >= 11 is 0. The van der Waals surface area contributed by atoms with Crippen LogP contribution in [0.2, 0.25) is 0 Å². The highest BCUT2D eigenvalue weighted by Crippen LogP contribution is 2.15. The van der Waals surface area contributed by atoms with E-state index in [2.05, 4.69) is 5.32 Å². The number of amides is 1. The second-order valence-electron chi connectivity index (χ2n) is 6.20. The van der Waals surface area contributed by atoms with E-state index in [0.29, 0.717) is 6.42 Å². The normalized spacial score (nSPS) is 14.5. The number of benzene rings is 1. The standard InChI is InChI=1S/C15H23FN2O2/c1-14(2,3)20-13(19)18-15(4,10-17)9-11-6-5-7-12(16)8-11/h5-8H,9-10,17H2,1-4H3,(H,18,19). The lowest BCUT2D eigenvalue weighted by Crippen LogP contribution is -2.54. The molecule has 0 heterocycles. The van der Waals surface area contributed by atoms with E-state index >= 15 is 0 Å². The molecule has 0 bridgehead atoms. The van der Waals surface area contributed by atoms with Gasteiger partial charge in [0.05, 0.1) is 5.54 Å². The van der Waals surface area contributed by atoms with Gasteiger partial charge in [0, 0.05) is 6.54 Å².